The summed E-state index contributed by atoms with van der Waals surface area (Å²) in [4.78, 5) is 55.9. The van der Waals surface area contributed by atoms with Crippen molar-refractivity contribution < 1.29 is 82.1 Å². The summed E-state index contributed by atoms with van der Waals surface area (Å²) < 4.78 is 38.6. The number of nitrogens with one attached hydrogen (secondary N) is 1. The highest BCUT2D eigenvalue weighted by molar-refractivity contribution is 5.81. The average Bonchev–Trinajstić information content (AvgIpc) is 3.19. The number of esters is 1. The molecule has 0 fully saturated rings. The van der Waals surface area contributed by atoms with Crippen LogP contribution < -0.4 is 11.1 Å². The van der Waals surface area contributed by atoms with Crippen LogP contribution >= 0.6 is 0 Å². The number of rotatable bonds is 20. The lowest BCUT2D eigenvalue weighted by Crippen LogP contribution is -2.45. The van der Waals surface area contributed by atoms with Crippen LogP contribution in [0.25, 0.3) is 0 Å². The molecule has 0 spiro atoms. The molecule has 1 aromatic heterocycles. The first kappa shape index (κ1) is 33.6. The Hall–Kier alpha value is -3.38. The van der Waals surface area contributed by atoms with E-state index >= 15 is 0 Å². The van der Waals surface area contributed by atoms with Crippen LogP contribution in [0.5, 0.6) is 0 Å². The quantitative estimate of drug-likeness (QED) is 0.0533. The van der Waals surface area contributed by atoms with Crippen LogP contribution in [0.2, 0.25) is 0 Å². The Morgan fingerprint density at radius 2 is 1.36 bits per heavy atom. The van der Waals surface area contributed by atoms with Gasteiger partial charge in [0.05, 0.1) is 50.4 Å². The molecular formula is C18H29N3O18. The van der Waals surface area contributed by atoms with E-state index in [2.05, 4.69) is 19.4 Å². The van der Waals surface area contributed by atoms with Crippen LogP contribution in [0, 0.1) is 6.92 Å². The molecule has 21 heteroatoms. The van der Waals surface area contributed by atoms with Crippen molar-refractivity contribution in [2.75, 3.05) is 59.5 Å². The molecule has 0 saturated heterocycles. The molecule has 0 aliphatic carbocycles. The molecule has 0 aromatic carbocycles. The van der Waals surface area contributed by atoms with Gasteiger partial charge in [-0.25, -0.2) is 28.9 Å². The Morgan fingerprint density at radius 1 is 0.795 bits per heavy atom. The van der Waals surface area contributed by atoms with Gasteiger partial charge in [-0.2, -0.15) is 0 Å². The first-order chi connectivity index (χ1) is 18.6. The third-order valence-electron chi connectivity index (χ3n) is 3.90. The van der Waals surface area contributed by atoms with Crippen molar-refractivity contribution in [3.05, 3.63) is 22.1 Å². The summed E-state index contributed by atoms with van der Waals surface area (Å²) in [5.41, 5.74) is 0. The second-order valence-corrected chi connectivity index (χ2v) is 6.68. The minimum absolute atomic E-state index is 0.0605. The van der Waals surface area contributed by atoms with Gasteiger partial charge in [0.2, 0.25) is 0 Å². The zero-order valence-corrected chi connectivity index (χ0v) is 20.5. The van der Waals surface area contributed by atoms with Crippen molar-refractivity contribution in [1.82, 2.24) is 16.1 Å². The number of carbonyl (C=O) groups excluding carboxylic acids is 3. The minimum Gasteiger partial charge on any atom is -0.456 e. The maximum atomic E-state index is 12.5. The van der Waals surface area contributed by atoms with E-state index in [0.29, 0.717) is 0 Å². The van der Waals surface area contributed by atoms with Gasteiger partial charge < -0.3 is 42.6 Å². The van der Waals surface area contributed by atoms with Crippen LogP contribution in [0.1, 0.15) is 11.5 Å². The first-order valence-corrected chi connectivity index (χ1v) is 10.8. The maximum absolute atomic E-state index is 12.5. The Labute approximate surface area is 218 Å². The van der Waals surface area contributed by atoms with E-state index < -0.39 is 54.1 Å². The van der Waals surface area contributed by atoms with Crippen molar-refractivity contribution in [3.63, 3.8) is 0 Å². The van der Waals surface area contributed by atoms with Gasteiger partial charge in [0.1, 0.15) is 19.8 Å². The Balaban J connectivity index is 2.47. The van der Waals surface area contributed by atoms with Gasteiger partial charge in [0.25, 0.3) is 0 Å². The topological polar surface area (TPSA) is 268 Å². The van der Waals surface area contributed by atoms with E-state index in [-0.39, 0.29) is 64.4 Å². The third kappa shape index (κ3) is 16.9. The van der Waals surface area contributed by atoms with Crippen LogP contribution in [0.4, 0.5) is 9.59 Å². The number of alkyl carbamates (subject to hydrolysis) is 1. The van der Waals surface area contributed by atoms with Crippen molar-refractivity contribution in [2.24, 2.45) is 0 Å². The molecule has 0 bridgehead atoms. The molecular weight excluding hydrogens is 546 g/mol. The summed E-state index contributed by atoms with van der Waals surface area (Å²) in [6, 6.07) is -1.58. The molecule has 21 nitrogen and oxygen atoms in total. The van der Waals surface area contributed by atoms with Gasteiger partial charge in [-0.3, -0.25) is 20.8 Å². The summed E-state index contributed by atoms with van der Waals surface area (Å²) in [6.45, 7) is -1.19. The number of nitrogens with zero attached hydrogens (tertiary/aromatic N) is 2. The molecule has 0 aliphatic rings. The van der Waals surface area contributed by atoms with E-state index in [4.69, 9.17) is 53.7 Å². The lowest BCUT2D eigenvalue weighted by atomic mass is 10.3. The molecule has 1 atom stereocenters. The lowest BCUT2D eigenvalue weighted by Gasteiger charge is -2.17. The van der Waals surface area contributed by atoms with Crippen molar-refractivity contribution in [1.29, 1.82) is 0 Å². The molecule has 1 amide bonds. The molecule has 0 saturated carbocycles. The summed E-state index contributed by atoms with van der Waals surface area (Å²) in [7, 11) is 0. The molecule has 0 aliphatic heterocycles. The predicted octanol–water partition coefficient (Wildman–Crippen LogP) is -1.11. The van der Waals surface area contributed by atoms with Gasteiger partial charge in [-0.1, -0.05) is 0 Å². The van der Waals surface area contributed by atoms with Gasteiger partial charge in [-0.15, -0.1) is 0 Å². The molecule has 1 aromatic rings. The number of carbonyl (C=O) groups is 3. The normalized spacial score (nSPS) is 11.9. The highest BCUT2D eigenvalue weighted by Gasteiger charge is 2.26. The van der Waals surface area contributed by atoms with Gasteiger partial charge in [0, 0.05) is 0 Å². The second-order valence-electron chi connectivity index (χ2n) is 6.68. The van der Waals surface area contributed by atoms with Gasteiger partial charge in [-0.05, 0) is 6.92 Å². The third-order valence-corrected chi connectivity index (χ3v) is 3.90. The van der Waals surface area contributed by atoms with Crippen molar-refractivity contribution in [2.45, 2.75) is 19.6 Å². The maximum Gasteiger partial charge on any atom is 0.519 e. The second kappa shape index (κ2) is 19.7. The monoisotopic (exact) mass is 575 g/mol. The predicted molar refractivity (Wildman–Crippen MR) is 112 cm³/mol. The molecule has 5 N–H and O–H groups in total. The van der Waals surface area contributed by atoms with Crippen LogP contribution in [0.3, 0.4) is 0 Å². The SMILES string of the molecule is Cc1oc(=O)oc1COC(=O)C(COC(=O)OCCOCCON(O)O)NC(=O)OCCOCCON(O)O. The number of hydrogen-bond acceptors (Lipinski definition) is 20. The van der Waals surface area contributed by atoms with Crippen LogP contribution in [0.15, 0.2) is 13.6 Å². The van der Waals surface area contributed by atoms with Crippen LogP contribution in [-0.4, -0.2) is 115 Å². The lowest BCUT2D eigenvalue weighted by molar-refractivity contribution is -0.493. The van der Waals surface area contributed by atoms with E-state index in [1.165, 1.54) is 6.92 Å². The van der Waals surface area contributed by atoms with E-state index in [0.717, 1.165) is 0 Å². The molecule has 39 heavy (non-hydrogen) atoms. The van der Waals surface area contributed by atoms with Crippen molar-refractivity contribution >= 4 is 18.2 Å². The Bertz CT molecular complexity index is 902. The largest absolute Gasteiger partial charge is 0.519 e. The zero-order chi connectivity index (χ0) is 29.0. The van der Waals surface area contributed by atoms with E-state index in [1.54, 1.807) is 0 Å². The molecule has 1 heterocycles. The smallest absolute Gasteiger partial charge is 0.456 e. The summed E-state index contributed by atoms with van der Waals surface area (Å²) >= 11 is 0. The standard InChI is InChI=1S/C18H29N3O18/c1-12-14(39-18(25)38-12)11-34-15(22)13(19-16(23)32-6-2-30-4-8-36-20(26)27)10-35-17(24)33-7-3-31-5-9-37-21(28)29/h13,26-29H,2-11H2,1H3,(H,19,23). The first-order valence-electron chi connectivity index (χ1n) is 10.8. The Kier molecular flexibility index (Phi) is 17.0. The van der Waals surface area contributed by atoms with Crippen molar-refractivity contribution in [3.8, 4) is 0 Å². The van der Waals surface area contributed by atoms with E-state index in [1.807, 2.05) is 0 Å². The number of amides is 1. The molecule has 224 valence electrons. The van der Waals surface area contributed by atoms with E-state index in [9.17, 15) is 19.2 Å². The highest BCUT2D eigenvalue weighted by Crippen LogP contribution is 2.07. The fourth-order valence-corrected chi connectivity index (χ4v) is 2.23. The summed E-state index contributed by atoms with van der Waals surface area (Å²) in [6.07, 6.45) is -2.34. The molecule has 1 unspecified atom stereocenters. The highest BCUT2D eigenvalue weighted by atomic mass is 17.1. The van der Waals surface area contributed by atoms with Gasteiger partial charge in [0.15, 0.2) is 24.2 Å². The molecule has 1 rings (SSSR count). The Morgan fingerprint density at radius 3 is 1.90 bits per heavy atom. The van der Waals surface area contributed by atoms with Crippen LogP contribution in [-0.2, 0) is 49.5 Å². The fraction of sp³-hybridized carbons (Fsp3) is 0.667. The average molecular weight is 575 g/mol. The summed E-state index contributed by atoms with van der Waals surface area (Å²) in [5.74, 6) is -2.13. The number of hydrogen-bond donors (Lipinski definition) is 5. The zero-order valence-electron chi connectivity index (χ0n) is 20.5. The fourth-order valence-electron chi connectivity index (χ4n) is 2.23. The number of aryl methyl sites for hydroxylation is 1. The summed E-state index contributed by atoms with van der Waals surface area (Å²) in [5, 5.41) is 34.5. The number of ether oxygens (including phenoxy) is 6. The molecule has 0 radical (unpaired) electrons. The van der Waals surface area contributed by atoms with Gasteiger partial charge >= 0.3 is 24.0 Å². The minimum atomic E-state index is -1.58.